The number of hydrogen-bond acceptors (Lipinski definition) is 6. The fourth-order valence-electron chi connectivity index (χ4n) is 4.95. The van der Waals surface area contributed by atoms with Crippen LogP contribution in [0.1, 0.15) is 174 Å². The summed E-state index contributed by atoms with van der Waals surface area (Å²) in [5.74, 6) is -0.526. The Labute approximate surface area is 264 Å². The lowest BCUT2D eigenvalue weighted by Gasteiger charge is -2.15. The minimum Gasteiger partial charge on any atom is -0.462 e. The summed E-state index contributed by atoms with van der Waals surface area (Å²) in [6, 6.07) is 0. The van der Waals surface area contributed by atoms with E-state index in [1.54, 1.807) is 6.08 Å². The van der Waals surface area contributed by atoms with Crippen molar-refractivity contribution in [2.45, 2.75) is 180 Å². The molecule has 1 atom stereocenters. The van der Waals surface area contributed by atoms with Crippen LogP contribution in [0.2, 0.25) is 0 Å². The van der Waals surface area contributed by atoms with E-state index in [0.717, 1.165) is 51.4 Å². The molecule has 6 heteroatoms. The fourth-order valence-corrected chi connectivity index (χ4v) is 4.95. The molecule has 0 aliphatic heterocycles. The molecule has 0 unspecified atom stereocenters. The first-order valence-electron chi connectivity index (χ1n) is 17.8. The molecule has 0 radical (unpaired) electrons. The number of aliphatic hydroxyl groups excluding tert-OH is 1. The number of ether oxygens (including phenoxy) is 2. The van der Waals surface area contributed by atoms with Gasteiger partial charge in [-0.2, -0.15) is 0 Å². The first-order valence-corrected chi connectivity index (χ1v) is 17.8. The van der Waals surface area contributed by atoms with Crippen molar-refractivity contribution in [3.8, 4) is 0 Å². The first kappa shape index (κ1) is 41.0. The highest BCUT2D eigenvalue weighted by atomic mass is 16.6. The van der Waals surface area contributed by atoms with Gasteiger partial charge in [0, 0.05) is 19.3 Å². The van der Waals surface area contributed by atoms with Gasteiger partial charge in [0.15, 0.2) is 11.9 Å². The number of carbonyl (C=O) groups excluding carboxylic acids is 3. The molecule has 0 spiro atoms. The van der Waals surface area contributed by atoms with Crippen molar-refractivity contribution in [2.24, 2.45) is 0 Å². The molecule has 43 heavy (non-hydrogen) atoms. The molecule has 0 aromatic rings. The van der Waals surface area contributed by atoms with Crippen LogP contribution >= 0.6 is 0 Å². The van der Waals surface area contributed by atoms with E-state index in [1.807, 2.05) is 12.2 Å². The summed E-state index contributed by atoms with van der Waals surface area (Å²) in [7, 11) is 0. The Hall–Kier alpha value is -1.95. The van der Waals surface area contributed by atoms with Crippen molar-refractivity contribution >= 4 is 17.7 Å². The number of rotatable bonds is 32. The lowest BCUT2D eigenvalue weighted by Crippen LogP contribution is -2.28. The molecule has 0 saturated carbocycles. The Balaban J connectivity index is 3.66. The van der Waals surface area contributed by atoms with Crippen molar-refractivity contribution in [3.63, 3.8) is 0 Å². The molecule has 0 aliphatic carbocycles. The smallest absolute Gasteiger partial charge is 0.306 e. The van der Waals surface area contributed by atoms with Crippen LogP contribution in [-0.2, 0) is 23.9 Å². The fraction of sp³-hybridized carbons (Fsp3) is 0.811. The number of carbonyl (C=O) groups is 3. The van der Waals surface area contributed by atoms with Gasteiger partial charge >= 0.3 is 11.9 Å². The predicted molar refractivity (Wildman–Crippen MR) is 178 cm³/mol. The second kappa shape index (κ2) is 33.0. The minimum absolute atomic E-state index is 0.101. The Morgan fingerprint density at radius 3 is 1.58 bits per heavy atom. The number of aliphatic hydroxyl groups is 1. The third-order valence-corrected chi connectivity index (χ3v) is 7.72. The second-order valence-corrected chi connectivity index (χ2v) is 12.0. The Kier molecular flexibility index (Phi) is 31.5. The molecule has 0 bridgehead atoms. The molecule has 250 valence electrons. The van der Waals surface area contributed by atoms with Crippen LogP contribution in [-0.4, -0.2) is 42.1 Å². The summed E-state index contributed by atoms with van der Waals surface area (Å²) in [6.45, 7) is 3.97. The van der Waals surface area contributed by atoms with Gasteiger partial charge in [-0.05, 0) is 38.2 Å². The van der Waals surface area contributed by atoms with E-state index in [-0.39, 0.29) is 37.4 Å². The highest BCUT2D eigenvalue weighted by molar-refractivity contribution is 5.89. The van der Waals surface area contributed by atoms with E-state index in [0.29, 0.717) is 19.3 Å². The van der Waals surface area contributed by atoms with Crippen LogP contribution in [0.15, 0.2) is 24.3 Å². The zero-order valence-electron chi connectivity index (χ0n) is 28.0. The third kappa shape index (κ3) is 31.3. The zero-order chi connectivity index (χ0) is 31.6. The number of unbranched alkanes of at least 4 members (excludes halogenated alkanes) is 19. The quantitative estimate of drug-likeness (QED) is 0.0355. The van der Waals surface area contributed by atoms with Crippen LogP contribution in [0.25, 0.3) is 0 Å². The Bertz CT molecular complexity index is 714. The number of ketones is 1. The summed E-state index contributed by atoms with van der Waals surface area (Å²) in [6.07, 6.45) is 33.3. The third-order valence-electron chi connectivity index (χ3n) is 7.72. The minimum atomic E-state index is -0.812. The van der Waals surface area contributed by atoms with Crippen molar-refractivity contribution in [3.05, 3.63) is 24.3 Å². The summed E-state index contributed by atoms with van der Waals surface area (Å²) in [4.78, 5) is 36.0. The molecule has 0 saturated heterocycles. The van der Waals surface area contributed by atoms with Gasteiger partial charge in [0.1, 0.15) is 6.61 Å². The average molecular weight is 607 g/mol. The summed E-state index contributed by atoms with van der Waals surface area (Å²) in [5.41, 5.74) is 0. The predicted octanol–water partition coefficient (Wildman–Crippen LogP) is 9.91. The van der Waals surface area contributed by atoms with Gasteiger partial charge in [0.2, 0.25) is 0 Å². The highest BCUT2D eigenvalue weighted by Crippen LogP contribution is 2.14. The van der Waals surface area contributed by atoms with Gasteiger partial charge in [-0.25, -0.2) is 0 Å². The van der Waals surface area contributed by atoms with Crippen molar-refractivity contribution in [1.82, 2.24) is 0 Å². The van der Waals surface area contributed by atoms with Gasteiger partial charge in [0.05, 0.1) is 6.61 Å². The molecule has 0 fully saturated rings. The van der Waals surface area contributed by atoms with E-state index < -0.39 is 6.10 Å². The summed E-state index contributed by atoms with van der Waals surface area (Å²) in [5, 5.41) is 9.51. The average Bonchev–Trinajstić information content (AvgIpc) is 3.00. The second-order valence-electron chi connectivity index (χ2n) is 12.0. The summed E-state index contributed by atoms with van der Waals surface area (Å²) < 4.78 is 10.5. The maximum atomic E-state index is 12.1. The molecular weight excluding hydrogens is 540 g/mol. The monoisotopic (exact) mass is 606 g/mol. The van der Waals surface area contributed by atoms with Crippen molar-refractivity contribution in [1.29, 1.82) is 0 Å². The van der Waals surface area contributed by atoms with Crippen LogP contribution in [0.3, 0.4) is 0 Å². The maximum absolute atomic E-state index is 12.1. The molecule has 0 heterocycles. The van der Waals surface area contributed by atoms with E-state index in [1.165, 1.54) is 83.5 Å². The molecule has 0 rings (SSSR count). The van der Waals surface area contributed by atoms with Crippen molar-refractivity contribution < 1.29 is 29.0 Å². The molecule has 0 amide bonds. The van der Waals surface area contributed by atoms with Gasteiger partial charge in [-0.15, -0.1) is 0 Å². The molecule has 6 nitrogen and oxygen atoms in total. The van der Waals surface area contributed by atoms with Crippen LogP contribution < -0.4 is 0 Å². The van der Waals surface area contributed by atoms with Crippen LogP contribution in [0, 0.1) is 0 Å². The van der Waals surface area contributed by atoms with E-state index in [9.17, 15) is 19.5 Å². The SMILES string of the molecule is CCCCC/C=C\C=C\C(=O)CCCCCCCC(=O)O[C@@H](CO)COC(=O)CCCCCCCCCCCCCCC. The van der Waals surface area contributed by atoms with E-state index >= 15 is 0 Å². The number of allylic oxidation sites excluding steroid dienone is 4. The van der Waals surface area contributed by atoms with E-state index in [2.05, 4.69) is 19.9 Å². The first-order chi connectivity index (χ1) is 21.0. The Morgan fingerprint density at radius 2 is 1.05 bits per heavy atom. The Morgan fingerprint density at radius 1 is 0.581 bits per heavy atom. The van der Waals surface area contributed by atoms with Crippen molar-refractivity contribution in [2.75, 3.05) is 13.2 Å². The number of esters is 2. The van der Waals surface area contributed by atoms with Crippen LogP contribution in [0.5, 0.6) is 0 Å². The number of hydrogen-bond donors (Lipinski definition) is 1. The molecule has 0 aromatic carbocycles. The maximum Gasteiger partial charge on any atom is 0.306 e. The van der Waals surface area contributed by atoms with Gasteiger partial charge in [-0.1, -0.05) is 141 Å². The highest BCUT2D eigenvalue weighted by Gasteiger charge is 2.16. The zero-order valence-corrected chi connectivity index (χ0v) is 28.0. The molecular formula is C37H66O6. The van der Waals surface area contributed by atoms with Gasteiger partial charge in [0.25, 0.3) is 0 Å². The largest absolute Gasteiger partial charge is 0.462 e. The van der Waals surface area contributed by atoms with Crippen LogP contribution in [0.4, 0.5) is 0 Å². The van der Waals surface area contributed by atoms with Gasteiger partial charge < -0.3 is 14.6 Å². The standard InChI is InChI=1S/C37H66O6/c1-3-5-7-9-11-12-13-14-15-16-18-22-26-30-36(40)42-33-35(32-38)43-37(41)31-27-23-19-21-25-29-34(39)28-24-20-17-10-8-6-4-2/h17,20,24,28,35,38H,3-16,18-19,21-23,25-27,29-33H2,1-2H3/b20-17-,28-24+/t35-/m0/s1. The normalized spacial score (nSPS) is 12.3. The lowest BCUT2D eigenvalue weighted by atomic mass is 10.0. The molecule has 0 aliphatic rings. The summed E-state index contributed by atoms with van der Waals surface area (Å²) >= 11 is 0. The van der Waals surface area contributed by atoms with Gasteiger partial charge in [-0.3, -0.25) is 14.4 Å². The lowest BCUT2D eigenvalue weighted by molar-refractivity contribution is -0.161. The van der Waals surface area contributed by atoms with E-state index in [4.69, 9.17) is 9.47 Å². The molecule has 0 aromatic heterocycles. The topological polar surface area (TPSA) is 89.9 Å². The molecule has 1 N–H and O–H groups in total.